The van der Waals surface area contributed by atoms with Crippen LogP contribution < -0.4 is 4.72 Å². The van der Waals surface area contributed by atoms with E-state index in [0.29, 0.717) is 0 Å². The maximum absolute atomic E-state index is 14.8. The Morgan fingerprint density at radius 3 is 2.68 bits per heavy atom. The molecule has 198 valence electrons. The number of aromatic nitrogens is 2. The van der Waals surface area contributed by atoms with Gasteiger partial charge < -0.3 is 0 Å². The lowest BCUT2D eigenvalue weighted by molar-refractivity contribution is 0.245. The van der Waals surface area contributed by atoms with Crippen molar-refractivity contribution in [2.75, 3.05) is 11.3 Å². The lowest BCUT2D eigenvalue weighted by Crippen LogP contribution is -2.30. The minimum Gasteiger partial charge on any atom is -0.294 e. The maximum atomic E-state index is 14.8. The summed E-state index contributed by atoms with van der Waals surface area (Å²) < 4.78 is 45.4. The van der Waals surface area contributed by atoms with Gasteiger partial charge in [-0.15, -0.1) is 0 Å². The number of anilines is 1. The van der Waals surface area contributed by atoms with Gasteiger partial charge in [-0.3, -0.25) is 14.3 Å². The molecule has 0 unspecified atom stereocenters. The molecule has 0 spiro atoms. The van der Waals surface area contributed by atoms with Crippen molar-refractivity contribution in [2.24, 2.45) is 5.92 Å². The third kappa shape index (κ3) is 6.41. The molecule has 1 aliphatic heterocycles. The summed E-state index contributed by atoms with van der Waals surface area (Å²) in [6.45, 7) is 5.34. The number of sulfonamides is 1. The lowest BCUT2D eigenvalue weighted by Gasteiger charge is -2.28. The SMILES string of the molecule is CCn1cc(CN2CCc3cc(S(=O)(=O)Nc4ccc(CCCC5CCCC5)cc4F)ccc3C2)cn1. The summed E-state index contributed by atoms with van der Waals surface area (Å²) in [6.07, 6.45) is 13.1. The summed E-state index contributed by atoms with van der Waals surface area (Å²) in [5.41, 5.74) is 4.24. The van der Waals surface area contributed by atoms with Crippen LogP contribution in [0.25, 0.3) is 0 Å². The van der Waals surface area contributed by atoms with Crippen LogP contribution in [0.5, 0.6) is 0 Å². The highest BCUT2D eigenvalue weighted by Gasteiger charge is 2.22. The molecule has 1 fully saturated rings. The second-order valence-corrected chi connectivity index (χ2v) is 12.2. The molecule has 2 aliphatic rings. The van der Waals surface area contributed by atoms with E-state index in [9.17, 15) is 12.8 Å². The van der Waals surface area contributed by atoms with Crippen LogP contribution in [-0.4, -0.2) is 29.6 Å². The molecule has 2 heterocycles. The molecule has 8 heteroatoms. The number of nitrogens with zero attached hydrogens (tertiary/aromatic N) is 3. The fraction of sp³-hybridized carbons (Fsp3) is 0.483. The topological polar surface area (TPSA) is 67.2 Å². The highest BCUT2D eigenvalue weighted by molar-refractivity contribution is 7.92. The first kappa shape index (κ1) is 25.9. The van der Waals surface area contributed by atoms with E-state index in [2.05, 4.69) is 27.8 Å². The third-order valence-corrected chi connectivity index (χ3v) is 9.19. The Kier molecular flexibility index (Phi) is 7.95. The van der Waals surface area contributed by atoms with Gasteiger partial charge in [0.1, 0.15) is 5.82 Å². The summed E-state index contributed by atoms with van der Waals surface area (Å²) in [6, 6.07) is 10.1. The van der Waals surface area contributed by atoms with Crippen LogP contribution in [-0.2, 0) is 42.5 Å². The summed E-state index contributed by atoms with van der Waals surface area (Å²) in [5.74, 6) is 0.295. The molecule has 6 nitrogen and oxygen atoms in total. The zero-order chi connectivity index (χ0) is 25.8. The Bertz CT molecular complexity index is 1330. The molecular formula is C29H37FN4O2S. The van der Waals surface area contributed by atoms with E-state index in [0.717, 1.165) is 68.0 Å². The Labute approximate surface area is 219 Å². The van der Waals surface area contributed by atoms with E-state index in [1.54, 1.807) is 18.2 Å². The van der Waals surface area contributed by atoms with Crippen LogP contribution in [0.3, 0.4) is 0 Å². The smallest absolute Gasteiger partial charge is 0.261 e. The molecule has 37 heavy (non-hydrogen) atoms. The third-order valence-electron chi connectivity index (χ3n) is 7.83. The summed E-state index contributed by atoms with van der Waals surface area (Å²) >= 11 is 0. The van der Waals surface area contributed by atoms with Gasteiger partial charge in [-0.25, -0.2) is 12.8 Å². The number of aryl methyl sites for hydroxylation is 2. The van der Waals surface area contributed by atoms with Crippen molar-refractivity contribution in [1.82, 2.24) is 14.7 Å². The van der Waals surface area contributed by atoms with E-state index in [4.69, 9.17) is 0 Å². The van der Waals surface area contributed by atoms with Gasteiger partial charge in [0, 0.05) is 37.9 Å². The normalized spacial score (nSPS) is 16.7. The predicted octanol–water partition coefficient (Wildman–Crippen LogP) is 5.91. The molecule has 0 amide bonds. The van der Waals surface area contributed by atoms with E-state index >= 15 is 0 Å². The first-order chi connectivity index (χ1) is 17.9. The Morgan fingerprint density at radius 2 is 1.92 bits per heavy atom. The zero-order valence-electron chi connectivity index (χ0n) is 21.6. The predicted molar refractivity (Wildman–Crippen MR) is 144 cm³/mol. The van der Waals surface area contributed by atoms with E-state index in [1.807, 2.05) is 23.0 Å². The first-order valence-electron chi connectivity index (χ1n) is 13.6. The highest BCUT2D eigenvalue weighted by atomic mass is 32.2. The number of fused-ring (bicyclic) bond motifs is 1. The Morgan fingerprint density at radius 1 is 1.08 bits per heavy atom. The van der Waals surface area contributed by atoms with E-state index in [-0.39, 0.29) is 10.6 Å². The number of rotatable bonds is 10. The number of benzene rings is 2. The van der Waals surface area contributed by atoms with E-state index < -0.39 is 15.8 Å². The van der Waals surface area contributed by atoms with Crippen LogP contribution >= 0.6 is 0 Å². The second-order valence-electron chi connectivity index (χ2n) is 10.6. The van der Waals surface area contributed by atoms with Crippen LogP contribution in [0, 0.1) is 11.7 Å². The number of halogens is 1. The van der Waals surface area contributed by atoms with Crippen molar-refractivity contribution in [3.8, 4) is 0 Å². The van der Waals surface area contributed by atoms with Gasteiger partial charge in [0.25, 0.3) is 10.0 Å². The molecule has 2 aromatic carbocycles. The molecule has 0 bridgehead atoms. The first-order valence-corrected chi connectivity index (χ1v) is 15.0. The zero-order valence-corrected chi connectivity index (χ0v) is 22.4. The molecule has 1 saturated carbocycles. The molecule has 3 aromatic rings. The number of hydrogen-bond donors (Lipinski definition) is 1. The van der Waals surface area contributed by atoms with Crippen LogP contribution in [0.4, 0.5) is 10.1 Å². The largest absolute Gasteiger partial charge is 0.294 e. The van der Waals surface area contributed by atoms with Gasteiger partial charge in [-0.05, 0) is 73.1 Å². The monoisotopic (exact) mass is 524 g/mol. The van der Waals surface area contributed by atoms with Crippen LogP contribution in [0.15, 0.2) is 53.7 Å². The minimum absolute atomic E-state index is 0.00364. The molecule has 1 aromatic heterocycles. The summed E-state index contributed by atoms with van der Waals surface area (Å²) in [5, 5.41) is 4.35. The second kappa shape index (κ2) is 11.4. The van der Waals surface area contributed by atoms with Gasteiger partial charge in [0.05, 0.1) is 16.8 Å². The molecule has 0 saturated heterocycles. The maximum Gasteiger partial charge on any atom is 0.261 e. The van der Waals surface area contributed by atoms with Crippen LogP contribution in [0.2, 0.25) is 0 Å². The lowest BCUT2D eigenvalue weighted by atomic mass is 9.98. The fourth-order valence-electron chi connectivity index (χ4n) is 5.70. The Balaban J connectivity index is 1.20. The number of hydrogen-bond acceptors (Lipinski definition) is 4. The van der Waals surface area contributed by atoms with E-state index in [1.165, 1.54) is 43.7 Å². The van der Waals surface area contributed by atoms with Crippen molar-refractivity contribution in [1.29, 1.82) is 0 Å². The summed E-state index contributed by atoms with van der Waals surface area (Å²) in [4.78, 5) is 2.51. The molecular weight excluding hydrogens is 487 g/mol. The minimum atomic E-state index is -3.89. The van der Waals surface area contributed by atoms with Crippen molar-refractivity contribution < 1.29 is 12.8 Å². The molecule has 0 radical (unpaired) electrons. The van der Waals surface area contributed by atoms with Crippen molar-refractivity contribution in [2.45, 2.75) is 82.8 Å². The molecule has 1 N–H and O–H groups in total. The van der Waals surface area contributed by atoms with Gasteiger partial charge in [-0.1, -0.05) is 44.2 Å². The fourth-order valence-corrected chi connectivity index (χ4v) is 6.82. The Hall–Kier alpha value is -2.71. The quantitative estimate of drug-likeness (QED) is 0.358. The summed E-state index contributed by atoms with van der Waals surface area (Å²) in [7, 11) is -3.89. The van der Waals surface area contributed by atoms with Gasteiger partial charge in [0.15, 0.2) is 0 Å². The number of nitrogens with one attached hydrogen (secondary N) is 1. The van der Waals surface area contributed by atoms with Crippen molar-refractivity contribution >= 4 is 15.7 Å². The van der Waals surface area contributed by atoms with Gasteiger partial charge in [0.2, 0.25) is 0 Å². The molecule has 1 aliphatic carbocycles. The van der Waals surface area contributed by atoms with Gasteiger partial charge in [-0.2, -0.15) is 5.10 Å². The standard InChI is InChI=1S/C29H37FN4O2S/c1-2-34-20-24(18-31-34)19-33-15-14-25-17-27(12-11-26(25)21-33)37(35,36)32-29-13-10-23(16-28(29)30)9-5-8-22-6-3-4-7-22/h10-13,16-18,20,22,32H,2-9,14-15,19,21H2,1H3. The average Bonchev–Trinajstić information content (AvgIpc) is 3.57. The molecule has 0 atom stereocenters. The van der Waals surface area contributed by atoms with Gasteiger partial charge >= 0.3 is 0 Å². The van der Waals surface area contributed by atoms with Crippen LogP contribution in [0.1, 0.15) is 67.7 Å². The average molecular weight is 525 g/mol. The van der Waals surface area contributed by atoms with Crippen molar-refractivity contribution in [3.05, 3.63) is 76.9 Å². The van der Waals surface area contributed by atoms with Crippen molar-refractivity contribution in [3.63, 3.8) is 0 Å². The molecule has 5 rings (SSSR count). The highest BCUT2D eigenvalue weighted by Crippen LogP contribution is 2.30.